The molecule has 0 aliphatic heterocycles. The van der Waals surface area contributed by atoms with Gasteiger partial charge in [-0.2, -0.15) is 0 Å². The molecule has 3 aliphatic carbocycles. The van der Waals surface area contributed by atoms with Crippen LogP contribution in [0.5, 0.6) is 0 Å². The molecule has 0 radical (unpaired) electrons. The number of hydrogen-bond acceptors (Lipinski definition) is 4. The van der Waals surface area contributed by atoms with Crippen LogP contribution < -0.4 is 16.0 Å². The minimum atomic E-state index is -0.945. The monoisotopic (exact) mass is 533 g/mol. The number of carbonyl (C=O) groups excluding carboxylic acids is 2. The number of carbonyl (C=O) groups is 2. The van der Waals surface area contributed by atoms with Crippen molar-refractivity contribution in [1.82, 2.24) is 10.6 Å². The van der Waals surface area contributed by atoms with Gasteiger partial charge in [-0.05, 0) is 68.5 Å². The van der Waals surface area contributed by atoms with Gasteiger partial charge in [0.1, 0.15) is 28.8 Å². The van der Waals surface area contributed by atoms with E-state index in [9.17, 15) is 18.4 Å². The van der Waals surface area contributed by atoms with Gasteiger partial charge in [0, 0.05) is 59.0 Å². The normalized spacial score (nSPS) is 19.3. The van der Waals surface area contributed by atoms with E-state index in [2.05, 4.69) is 16.0 Å². The largest absolute Gasteiger partial charge is 0.455 e. The Kier molecular flexibility index (Phi) is 5.89. The lowest BCUT2D eigenvalue weighted by Crippen LogP contribution is -2.68. The summed E-state index contributed by atoms with van der Waals surface area (Å²) in [5, 5.41) is 9.07. The highest BCUT2D eigenvalue weighted by molar-refractivity contribution is 6.13. The molecule has 7 rings (SSSR count). The summed E-state index contributed by atoms with van der Waals surface area (Å²) in [4.78, 5) is 26.0. The number of anilines is 1. The van der Waals surface area contributed by atoms with Crippen LogP contribution >= 0.6 is 0 Å². The van der Waals surface area contributed by atoms with Crippen molar-refractivity contribution in [3.63, 3.8) is 0 Å². The van der Waals surface area contributed by atoms with E-state index < -0.39 is 29.3 Å². The van der Waals surface area contributed by atoms with Crippen LogP contribution in [0.2, 0.25) is 0 Å². The Balaban J connectivity index is 1.52. The van der Waals surface area contributed by atoms with Gasteiger partial charge >= 0.3 is 0 Å². The van der Waals surface area contributed by atoms with Crippen LogP contribution in [0.3, 0.4) is 0 Å². The number of amides is 2. The smallest absolute Gasteiger partial charge is 0.255 e. The van der Waals surface area contributed by atoms with Crippen molar-refractivity contribution in [2.75, 3.05) is 18.9 Å². The molecule has 39 heavy (non-hydrogen) atoms. The SMILES string of the molecule is CCNc1cc2oc(-c3ccc(F)cc3)c(C(=O)NC)c2cc1-c1cc(C(=O)NC23CC(C2)C3)c(F)cc1F. The molecule has 0 atom stereocenters. The molecule has 3 aliphatic rings. The topological polar surface area (TPSA) is 83.4 Å². The maximum absolute atomic E-state index is 15.3. The maximum atomic E-state index is 15.3. The van der Waals surface area contributed by atoms with Crippen molar-refractivity contribution in [1.29, 1.82) is 0 Å². The Bertz CT molecular complexity index is 1630. The summed E-state index contributed by atoms with van der Waals surface area (Å²) in [5.74, 6) is -2.41. The highest BCUT2D eigenvalue weighted by Gasteiger charge is 2.57. The van der Waals surface area contributed by atoms with Crippen molar-refractivity contribution in [3.05, 3.63) is 77.1 Å². The van der Waals surface area contributed by atoms with Crippen molar-refractivity contribution < 1.29 is 27.2 Å². The van der Waals surface area contributed by atoms with Gasteiger partial charge in [-0.25, -0.2) is 13.2 Å². The molecule has 3 aromatic carbocycles. The highest BCUT2D eigenvalue weighted by Crippen LogP contribution is 2.57. The Hall–Kier alpha value is -4.27. The van der Waals surface area contributed by atoms with Crippen molar-refractivity contribution in [2.24, 2.45) is 5.92 Å². The Labute approximate surface area is 222 Å². The number of halogens is 3. The Morgan fingerprint density at radius 2 is 1.67 bits per heavy atom. The molecule has 3 fully saturated rings. The third-order valence-electron chi connectivity index (χ3n) is 7.76. The van der Waals surface area contributed by atoms with E-state index in [0.717, 1.165) is 19.3 Å². The molecular weight excluding hydrogens is 507 g/mol. The summed E-state index contributed by atoms with van der Waals surface area (Å²) in [6.45, 7) is 2.34. The molecule has 2 bridgehead atoms. The van der Waals surface area contributed by atoms with Gasteiger partial charge < -0.3 is 20.4 Å². The Morgan fingerprint density at radius 3 is 2.28 bits per heavy atom. The first kappa shape index (κ1) is 25.0. The van der Waals surface area contributed by atoms with E-state index in [1.807, 2.05) is 6.92 Å². The minimum absolute atomic E-state index is 0.00406. The number of nitrogens with one attached hydrogen (secondary N) is 3. The van der Waals surface area contributed by atoms with Crippen molar-refractivity contribution in [3.8, 4) is 22.5 Å². The fraction of sp³-hybridized carbons (Fsp3) is 0.267. The number of benzene rings is 3. The maximum Gasteiger partial charge on any atom is 0.255 e. The molecule has 0 unspecified atom stereocenters. The quantitative estimate of drug-likeness (QED) is 0.262. The van der Waals surface area contributed by atoms with Crippen LogP contribution in [-0.4, -0.2) is 30.9 Å². The third-order valence-corrected chi connectivity index (χ3v) is 7.76. The molecular formula is C30H26F3N3O3. The average Bonchev–Trinajstić information content (AvgIpc) is 3.23. The van der Waals surface area contributed by atoms with Gasteiger partial charge in [-0.3, -0.25) is 9.59 Å². The Morgan fingerprint density at radius 1 is 0.949 bits per heavy atom. The lowest BCUT2D eigenvalue weighted by Gasteiger charge is -2.61. The van der Waals surface area contributed by atoms with Crippen LogP contribution in [-0.2, 0) is 0 Å². The predicted octanol–water partition coefficient (Wildman–Crippen LogP) is 6.26. The van der Waals surface area contributed by atoms with Crippen molar-refractivity contribution in [2.45, 2.75) is 31.7 Å². The van der Waals surface area contributed by atoms with E-state index in [1.54, 1.807) is 12.1 Å². The zero-order valence-electron chi connectivity index (χ0n) is 21.4. The van der Waals surface area contributed by atoms with E-state index in [-0.39, 0.29) is 28.0 Å². The van der Waals surface area contributed by atoms with Gasteiger partial charge in [0.2, 0.25) is 0 Å². The minimum Gasteiger partial charge on any atom is -0.455 e. The van der Waals surface area contributed by atoms with Gasteiger partial charge in [-0.15, -0.1) is 0 Å². The second-order valence-corrected chi connectivity index (χ2v) is 10.3. The second-order valence-electron chi connectivity index (χ2n) is 10.3. The third kappa shape index (κ3) is 4.13. The van der Waals surface area contributed by atoms with Crippen LogP contribution in [0.25, 0.3) is 33.4 Å². The van der Waals surface area contributed by atoms with E-state index in [1.165, 1.54) is 37.4 Å². The molecule has 6 nitrogen and oxygen atoms in total. The van der Waals surface area contributed by atoms with Gasteiger partial charge in [0.05, 0.1) is 11.1 Å². The molecule has 4 aromatic rings. The molecule has 3 N–H and O–H groups in total. The van der Waals surface area contributed by atoms with E-state index in [0.29, 0.717) is 46.3 Å². The van der Waals surface area contributed by atoms with Crippen LogP contribution in [0.15, 0.2) is 52.9 Å². The van der Waals surface area contributed by atoms with E-state index >= 15 is 4.39 Å². The standard InChI is InChI=1S/C30H26F3N3O3/c1-3-35-24-11-25-21(26(29(38)34-2)27(39-25)16-4-6-17(31)7-5-16)9-19(24)18-8-20(23(33)10-22(18)32)28(37)36-30-12-15(13-30)14-30/h4-11,15,35H,3,12-14H2,1-2H3,(H,34,38)(H,36,37). The summed E-state index contributed by atoms with van der Waals surface area (Å²) in [7, 11) is 1.47. The zero-order valence-corrected chi connectivity index (χ0v) is 21.4. The number of rotatable bonds is 7. The molecule has 1 aromatic heterocycles. The number of hydrogen-bond donors (Lipinski definition) is 3. The average molecular weight is 534 g/mol. The number of fused-ring (bicyclic) bond motifs is 1. The molecule has 2 amide bonds. The zero-order chi connectivity index (χ0) is 27.5. The molecule has 1 heterocycles. The first-order valence-corrected chi connectivity index (χ1v) is 12.9. The summed E-state index contributed by atoms with van der Waals surface area (Å²) in [6.07, 6.45) is 2.65. The fourth-order valence-corrected chi connectivity index (χ4v) is 5.73. The van der Waals surface area contributed by atoms with E-state index in [4.69, 9.17) is 4.42 Å². The molecule has 0 saturated heterocycles. The molecule has 9 heteroatoms. The van der Waals surface area contributed by atoms with Gasteiger partial charge in [0.25, 0.3) is 11.8 Å². The molecule has 3 saturated carbocycles. The lowest BCUT2D eigenvalue weighted by molar-refractivity contribution is -0.0439. The fourth-order valence-electron chi connectivity index (χ4n) is 5.73. The molecule has 0 spiro atoms. The predicted molar refractivity (Wildman–Crippen MR) is 142 cm³/mol. The van der Waals surface area contributed by atoms with Crippen LogP contribution in [0, 0.1) is 23.4 Å². The first-order valence-electron chi connectivity index (χ1n) is 12.9. The van der Waals surface area contributed by atoms with Gasteiger partial charge in [-0.1, -0.05) is 0 Å². The van der Waals surface area contributed by atoms with Gasteiger partial charge in [0.15, 0.2) is 0 Å². The number of furan rings is 1. The van der Waals surface area contributed by atoms with Crippen LogP contribution in [0.1, 0.15) is 46.9 Å². The van der Waals surface area contributed by atoms with Crippen molar-refractivity contribution >= 4 is 28.5 Å². The summed E-state index contributed by atoms with van der Waals surface area (Å²) >= 11 is 0. The summed E-state index contributed by atoms with van der Waals surface area (Å²) in [5.41, 5.74) is 1.31. The first-order chi connectivity index (χ1) is 18.7. The second kappa shape index (κ2) is 9.18. The highest BCUT2D eigenvalue weighted by atomic mass is 19.1. The van der Waals surface area contributed by atoms with Crippen LogP contribution in [0.4, 0.5) is 18.9 Å². The summed E-state index contributed by atoms with van der Waals surface area (Å²) < 4.78 is 49.8. The molecule has 200 valence electrons. The lowest BCUT2D eigenvalue weighted by atomic mass is 9.50. The summed E-state index contributed by atoms with van der Waals surface area (Å²) in [6, 6.07) is 10.7.